The van der Waals surface area contributed by atoms with E-state index in [2.05, 4.69) is 24.3 Å². The number of hydrogen-bond acceptors (Lipinski definition) is 4. The van der Waals surface area contributed by atoms with Crippen molar-refractivity contribution in [3.8, 4) is 0 Å². The smallest absolute Gasteiger partial charge is 0.341 e. The molecule has 0 radical (unpaired) electrons. The Morgan fingerprint density at radius 2 is 2.24 bits per heavy atom. The van der Waals surface area contributed by atoms with E-state index in [-0.39, 0.29) is 5.97 Å². The standard InChI is InChI=1S/C16H27N3O2/c1-5-21-16(20)13-9-18-19(4)15(13)10-17-14-7-6-11(2)8-12(14)3/h9,11-12,14,17H,5-8,10H2,1-4H3. The number of nitrogens with zero attached hydrogens (tertiary/aromatic N) is 2. The molecule has 1 saturated carbocycles. The second-order valence-electron chi connectivity index (χ2n) is 6.23. The van der Waals surface area contributed by atoms with Crippen LogP contribution in [0.3, 0.4) is 0 Å². The zero-order valence-electron chi connectivity index (χ0n) is 13.6. The van der Waals surface area contributed by atoms with Crippen molar-refractivity contribution in [3.63, 3.8) is 0 Å². The summed E-state index contributed by atoms with van der Waals surface area (Å²) < 4.78 is 6.85. The number of nitrogens with one attached hydrogen (secondary N) is 1. The number of esters is 1. The summed E-state index contributed by atoms with van der Waals surface area (Å²) in [7, 11) is 1.87. The Kier molecular flexibility index (Phi) is 5.39. The molecular formula is C16H27N3O2. The van der Waals surface area contributed by atoms with Gasteiger partial charge in [-0.15, -0.1) is 0 Å². The first-order valence-corrected chi connectivity index (χ1v) is 7.94. The minimum atomic E-state index is -0.285. The largest absolute Gasteiger partial charge is 0.462 e. The lowest BCUT2D eigenvalue weighted by Gasteiger charge is -2.33. The molecule has 3 atom stereocenters. The molecule has 0 aliphatic heterocycles. The minimum Gasteiger partial charge on any atom is -0.462 e. The Labute approximate surface area is 127 Å². The average molecular weight is 293 g/mol. The van der Waals surface area contributed by atoms with Gasteiger partial charge < -0.3 is 10.1 Å². The third kappa shape index (κ3) is 3.84. The van der Waals surface area contributed by atoms with Crippen molar-refractivity contribution in [1.29, 1.82) is 0 Å². The summed E-state index contributed by atoms with van der Waals surface area (Å²) in [6.45, 7) is 7.50. The Bertz CT molecular complexity index is 484. The van der Waals surface area contributed by atoms with Gasteiger partial charge in [-0.05, 0) is 38.0 Å². The lowest BCUT2D eigenvalue weighted by atomic mass is 9.80. The van der Waals surface area contributed by atoms with Gasteiger partial charge in [-0.3, -0.25) is 4.68 Å². The summed E-state index contributed by atoms with van der Waals surface area (Å²) >= 11 is 0. The van der Waals surface area contributed by atoms with E-state index < -0.39 is 0 Å². The molecule has 1 aliphatic rings. The summed E-state index contributed by atoms with van der Waals surface area (Å²) in [6, 6.07) is 0.520. The van der Waals surface area contributed by atoms with Crippen LogP contribution in [0.25, 0.3) is 0 Å². The maximum atomic E-state index is 11.9. The van der Waals surface area contributed by atoms with Crippen LogP contribution in [0.5, 0.6) is 0 Å². The number of ether oxygens (including phenoxy) is 1. The van der Waals surface area contributed by atoms with Gasteiger partial charge in [0.25, 0.3) is 0 Å². The van der Waals surface area contributed by atoms with Crippen molar-refractivity contribution in [2.45, 2.75) is 52.6 Å². The summed E-state index contributed by atoms with van der Waals surface area (Å²) in [6.07, 6.45) is 5.35. The van der Waals surface area contributed by atoms with E-state index in [9.17, 15) is 4.79 Å². The molecule has 0 amide bonds. The second kappa shape index (κ2) is 7.07. The normalized spacial score (nSPS) is 25.8. The van der Waals surface area contributed by atoms with E-state index in [1.54, 1.807) is 10.9 Å². The second-order valence-corrected chi connectivity index (χ2v) is 6.23. The van der Waals surface area contributed by atoms with E-state index in [1.165, 1.54) is 19.3 Å². The van der Waals surface area contributed by atoms with Crippen molar-refractivity contribution >= 4 is 5.97 Å². The van der Waals surface area contributed by atoms with E-state index in [0.717, 1.165) is 11.6 Å². The van der Waals surface area contributed by atoms with Crippen molar-refractivity contribution in [3.05, 3.63) is 17.5 Å². The number of rotatable bonds is 5. The van der Waals surface area contributed by atoms with Crippen LogP contribution in [-0.4, -0.2) is 28.4 Å². The van der Waals surface area contributed by atoms with Crippen LogP contribution in [0.4, 0.5) is 0 Å². The molecule has 3 unspecified atom stereocenters. The first kappa shape index (κ1) is 16.0. The fourth-order valence-electron chi connectivity index (χ4n) is 3.25. The van der Waals surface area contributed by atoms with E-state index in [0.29, 0.717) is 30.7 Å². The van der Waals surface area contributed by atoms with Gasteiger partial charge in [0, 0.05) is 19.6 Å². The Balaban J connectivity index is 2.00. The van der Waals surface area contributed by atoms with Gasteiger partial charge in [-0.25, -0.2) is 4.79 Å². The first-order valence-electron chi connectivity index (χ1n) is 7.94. The van der Waals surface area contributed by atoms with E-state index in [4.69, 9.17) is 4.74 Å². The Morgan fingerprint density at radius 3 is 2.90 bits per heavy atom. The molecule has 0 spiro atoms. The predicted molar refractivity (Wildman–Crippen MR) is 82.0 cm³/mol. The number of carbonyl (C=O) groups is 1. The third-order valence-corrected chi connectivity index (χ3v) is 4.52. The summed E-state index contributed by atoms with van der Waals surface area (Å²) in [5, 5.41) is 7.79. The summed E-state index contributed by atoms with van der Waals surface area (Å²) in [4.78, 5) is 11.9. The van der Waals surface area contributed by atoms with Gasteiger partial charge in [0.15, 0.2) is 0 Å². The lowest BCUT2D eigenvalue weighted by molar-refractivity contribution is 0.0524. The quantitative estimate of drug-likeness (QED) is 0.848. The van der Waals surface area contributed by atoms with Gasteiger partial charge in [0.1, 0.15) is 5.56 Å². The molecule has 1 aliphatic carbocycles. The maximum Gasteiger partial charge on any atom is 0.341 e. The highest BCUT2D eigenvalue weighted by atomic mass is 16.5. The molecule has 0 aromatic carbocycles. The molecule has 5 heteroatoms. The highest BCUT2D eigenvalue weighted by Crippen LogP contribution is 2.28. The Morgan fingerprint density at radius 1 is 1.48 bits per heavy atom. The van der Waals surface area contributed by atoms with Crippen LogP contribution in [0, 0.1) is 11.8 Å². The molecule has 0 saturated heterocycles. The van der Waals surface area contributed by atoms with Crippen LogP contribution in [0.1, 0.15) is 56.1 Å². The molecule has 21 heavy (non-hydrogen) atoms. The fourth-order valence-corrected chi connectivity index (χ4v) is 3.25. The lowest BCUT2D eigenvalue weighted by Crippen LogP contribution is -2.39. The maximum absolute atomic E-state index is 11.9. The van der Waals surface area contributed by atoms with Gasteiger partial charge in [0.2, 0.25) is 0 Å². The van der Waals surface area contributed by atoms with Crippen molar-refractivity contribution in [2.24, 2.45) is 18.9 Å². The molecule has 118 valence electrons. The number of aryl methyl sites for hydroxylation is 1. The predicted octanol–water partition coefficient (Wildman–Crippen LogP) is 2.51. The zero-order valence-corrected chi connectivity index (χ0v) is 13.6. The summed E-state index contributed by atoms with van der Waals surface area (Å²) in [5.74, 6) is 1.21. The zero-order chi connectivity index (χ0) is 15.4. The minimum absolute atomic E-state index is 0.285. The molecular weight excluding hydrogens is 266 g/mol. The monoisotopic (exact) mass is 293 g/mol. The molecule has 1 N–H and O–H groups in total. The van der Waals surface area contributed by atoms with Gasteiger partial charge in [0.05, 0.1) is 18.5 Å². The van der Waals surface area contributed by atoms with E-state index >= 15 is 0 Å². The molecule has 0 bridgehead atoms. The van der Waals surface area contributed by atoms with Crippen LogP contribution in [-0.2, 0) is 18.3 Å². The van der Waals surface area contributed by atoms with Crippen LogP contribution in [0.15, 0.2) is 6.20 Å². The number of hydrogen-bond donors (Lipinski definition) is 1. The topological polar surface area (TPSA) is 56.1 Å². The van der Waals surface area contributed by atoms with Gasteiger partial charge in [-0.1, -0.05) is 13.8 Å². The van der Waals surface area contributed by atoms with Crippen molar-refractivity contribution < 1.29 is 9.53 Å². The van der Waals surface area contributed by atoms with Gasteiger partial charge in [-0.2, -0.15) is 5.10 Å². The van der Waals surface area contributed by atoms with Crippen molar-refractivity contribution in [2.75, 3.05) is 6.61 Å². The molecule has 1 aromatic heterocycles. The number of carbonyl (C=O) groups excluding carboxylic acids is 1. The van der Waals surface area contributed by atoms with E-state index in [1.807, 2.05) is 14.0 Å². The van der Waals surface area contributed by atoms with Crippen molar-refractivity contribution in [1.82, 2.24) is 15.1 Å². The Hall–Kier alpha value is -1.36. The molecule has 1 heterocycles. The SMILES string of the molecule is CCOC(=O)c1cnn(C)c1CNC1CCC(C)CC1C. The number of aromatic nitrogens is 2. The average Bonchev–Trinajstić information content (AvgIpc) is 2.79. The summed E-state index contributed by atoms with van der Waals surface area (Å²) in [5.41, 5.74) is 1.47. The molecule has 1 fully saturated rings. The molecule has 1 aromatic rings. The van der Waals surface area contributed by atoms with Crippen LogP contribution < -0.4 is 5.32 Å². The van der Waals surface area contributed by atoms with Gasteiger partial charge >= 0.3 is 5.97 Å². The highest BCUT2D eigenvalue weighted by Gasteiger charge is 2.26. The third-order valence-electron chi connectivity index (χ3n) is 4.52. The molecule has 2 rings (SSSR count). The highest BCUT2D eigenvalue weighted by molar-refractivity contribution is 5.90. The van der Waals surface area contributed by atoms with Crippen LogP contribution in [0.2, 0.25) is 0 Å². The fraction of sp³-hybridized carbons (Fsp3) is 0.750. The van der Waals surface area contributed by atoms with Crippen LogP contribution >= 0.6 is 0 Å². The molecule has 5 nitrogen and oxygen atoms in total. The first-order chi connectivity index (χ1) is 10.0.